The molecule has 1 amide bonds. The fourth-order valence-electron chi connectivity index (χ4n) is 2.87. The van der Waals surface area contributed by atoms with Crippen molar-refractivity contribution in [1.82, 2.24) is 0 Å². The number of phenols is 1. The van der Waals surface area contributed by atoms with Crippen LogP contribution in [0.5, 0.6) is 5.75 Å². The van der Waals surface area contributed by atoms with Crippen molar-refractivity contribution in [3.63, 3.8) is 0 Å². The van der Waals surface area contributed by atoms with Gasteiger partial charge in [-0.15, -0.1) is 0 Å². The van der Waals surface area contributed by atoms with Gasteiger partial charge >= 0.3 is 0 Å². The van der Waals surface area contributed by atoms with E-state index in [9.17, 15) is 9.90 Å². The second kappa shape index (κ2) is 7.62. The minimum Gasteiger partial charge on any atom is -0.508 e. The number of aromatic hydroxyl groups is 1. The molecule has 1 aliphatic rings. The predicted octanol–water partition coefficient (Wildman–Crippen LogP) is 5.64. The molecule has 1 N–H and O–H groups in total. The van der Waals surface area contributed by atoms with Crippen LogP contribution in [0.3, 0.4) is 0 Å². The largest absolute Gasteiger partial charge is 0.508 e. The molecule has 0 saturated carbocycles. The van der Waals surface area contributed by atoms with Crippen molar-refractivity contribution in [3.8, 4) is 5.75 Å². The fourth-order valence-corrected chi connectivity index (χ4v) is 3.26. The lowest BCUT2D eigenvalue weighted by atomic mass is 10.1. The second-order valence-corrected chi connectivity index (χ2v) is 7.53. The van der Waals surface area contributed by atoms with Crippen molar-refractivity contribution in [2.75, 3.05) is 4.90 Å². The van der Waals surface area contributed by atoms with E-state index in [-0.39, 0.29) is 11.7 Å². The van der Waals surface area contributed by atoms with E-state index in [1.54, 1.807) is 42.5 Å². The number of amidine groups is 1. The molecule has 0 atom stereocenters. The monoisotopic (exact) mass is 452 g/mol. The molecule has 0 radical (unpaired) electrons. The molecule has 0 aliphatic carbocycles. The Morgan fingerprint density at radius 3 is 2.21 bits per heavy atom. The SMILES string of the molecule is O=C1/C(=C\c2ccc(Br)cc2)N=C(c2ccc(Cl)cc2)N1c1ccc(O)cc1. The molecule has 28 heavy (non-hydrogen) atoms. The minimum absolute atomic E-state index is 0.131. The maximum atomic E-state index is 13.2. The van der Waals surface area contributed by atoms with E-state index in [0.717, 1.165) is 15.6 Å². The van der Waals surface area contributed by atoms with Crippen LogP contribution in [0.15, 0.2) is 88.0 Å². The zero-order valence-corrected chi connectivity index (χ0v) is 16.9. The maximum Gasteiger partial charge on any atom is 0.282 e. The van der Waals surface area contributed by atoms with Crippen molar-refractivity contribution < 1.29 is 9.90 Å². The summed E-state index contributed by atoms with van der Waals surface area (Å²) in [7, 11) is 0. The van der Waals surface area contributed by atoms with Gasteiger partial charge in [0, 0.05) is 15.1 Å². The first-order valence-corrected chi connectivity index (χ1v) is 9.64. The van der Waals surface area contributed by atoms with Gasteiger partial charge in [0.05, 0.1) is 5.69 Å². The fraction of sp³-hybridized carbons (Fsp3) is 0. The molecular weight excluding hydrogens is 440 g/mol. The maximum absolute atomic E-state index is 13.2. The van der Waals surface area contributed by atoms with Crippen LogP contribution >= 0.6 is 27.5 Å². The summed E-state index contributed by atoms with van der Waals surface area (Å²) in [5.41, 5.74) is 2.60. The van der Waals surface area contributed by atoms with Gasteiger partial charge in [-0.2, -0.15) is 0 Å². The number of rotatable bonds is 3. The first kappa shape index (κ1) is 18.5. The third-order valence-corrected chi connectivity index (χ3v) is 5.02. The lowest BCUT2D eigenvalue weighted by Crippen LogP contribution is -2.32. The molecule has 3 aromatic rings. The van der Waals surface area contributed by atoms with Gasteiger partial charge in [-0.05, 0) is 72.3 Å². The molecule has 0 spiro atoms. The zero-order chi connectivity index (χ0) is 19.7. The number of hydrogen-bond acceptors (Lipinski definition) is 3. The quantitative estimate of drug-likeness (QED) is 0.522. The van der Waals surface area contributed by atoms with Crippen molar-refractivity contribution >= 4 is 51.0 Å². The highest BCUT2D eigenvalue weighted by atomic mass is 79.9. The Hall–Kier alpha value is -2.89. The number of anilines is 1. The van der Waals surface area contributed by atoms with E-state index in [1.807, 2.05) is 36.4 Å². The van der Waals surface area contributed by atoms with Gasteiger partial charge in [-0.3, -0.25) is 9.69 Å². The van der Waals surface area contributed by atoms with Crippen LogP contribution in [0.25, 0.3) is 6.08 Å². The van der Waals surface area contributed by atoms with Gasteiger partial charge in [0.25, 0.3) is 5.91 Å². The Kier molecular flexibility index (Phi) is 5.03. The van der Waals surface area contributed by atoms with Crippen LogP contribution < -0.4 is 4.90 Å². The summed E-state index contributed by atoms with van der Waals surface area (Å²) in [6.07, 6.45) is 1.76. The summed E-state index contributed by atoms with van der Waals surface area (Å²) in [5.74, 6) is 0.403. The number of phenolic OH excluding ortho intramolecular Hbond substituents is 1. The van der Waals surface area contributed by atoms with Gasteiger partial charge in [0.2, 0.25) is 0 Å². The average Bonchev–Trinajstić information content (AvgIpc) is 3.01. The first-order valence-electron chi connectivity index (χ1n) is 8.47. The Balaban J connectivity index is 1.81. The molecule has 0 aromatic heterocycles. The number of nitrogens with zero attached hydrogens (tertiary/aromatic N) is 2. The topological polar surface area (TPSA) is 52.9 Å². The summed E-state index contributed by atoms with van der Waals surface area (Å²) in [6.45, 7) is 0. The Morgan fingerprint density at radius 1 is 0.929 bits per heavy atom. The minimum atomic E-state index is -0.237. The van der Waals surface area contributed by atoms with Crippen LogP contribution in [0.4, 0.5) is 5.69 Å². The van der Waals surface area contributed by atoms with Gasteiger partial charge in [0.15, 0.2) is 0 Å². The molecule has 0 unspecified atom stereocenters. The Bertz CT molecular complexity index is 1090. The lowest BCUT2D eigenvalue weighted by Gasteiger charge is -2.18. The standard InChI is InChI=1S/C22H14BrClN2O2/c23-16-5-1-14(2-6-16)13-20-22(28)26(18-9-11-19(27)12-10-18)21(25-20)15-3-7-17(24)8-4-15/h1-13,27H/b20-13+. The molecule has 138 valence electrons. The summed E-state index contributed by atoms with van der Waals surface area (Å²) in [4.78, 5) is 19.3. The summed E-state index contributed by atoms with van der Waals surface area (Å²) >= 11 is 9.41. The number of carbonyl (C=O) groups excluding carboxylic acids is 1. The number of hydrogen-bond donors (Lipinski definition) is 1. The molecule has 3 aromatic carbocycles. The molecule has 0 saturated heterocycles. The van der Waals surface area contributed by atoms with Crippen LogP contribution in [-0.4, -0.2) is 16.8 Å². The van der Waals surface area contributed by atoms with E-state index in [2.05, 4.69) is 20.9 Å². The van der Waals surface area contributed by atoms with Crippen molar-refractivity contribution in [3.05, 3.63) is 99.1 Å². The average molecular weight is 454 g/mol. The smallest absolute Gasteiger partial charge is 0.282 e. The number of amides is 1. The molecule has 1 aliphatic heterocycles. The molecular formula is C22H14BrClN2O2. The van der Waals surface area contributed by atoms with Crippen LogP contribution in [0.2, 0.25) is 5.02 Å². The number of benzene rings is 3. The molecule has 4 nitrogen and oxygen atoms in total. The Labute approximate surface area is 175 Å². The van der Waals surface area contributed by atoms with Gasteiger partial charge in [0.1, 0.15) is 17.3 Å². The highest BCUT2D eigenvalue weighted by Crippen LogP contribution is 2.29. The van der Waals surface area contributed by atoms with Gasteiger partial charge in [-0.1, -0.05) is 39.7 Å². The van der Waals surface area contributed by atoms with Gasteiger partial charge < -0.3 is 5.11 Å². The van der Waals surface area contributed by atoms with E-state index in [1.165, 1.54) is 4.90 Å². The highest BCUT2D eigenvalue weighted by Gasteiger charge is 2.32. The van der Waals surface area contributed by atoms with E-state index in [0.29, 0.717) is 22.2 Å². The van der Waals surface area contributed by atoms with E-state index in [4.69, 9.17) is 11.6 Å². The number of carbonyl (C=O) groups is 1. The number of halogens is 2. The zero-order valence-electron chi connectivity index (χ0n) is 14.5. The Morgan fingerprint density at radius 2 is 1.57 bits per heavy atom. The van der Waals surface area contributed by atoms with Crippen molar-refractivity contribution in [2.24, 2.45) is 4.99 Å². The molecule has 1 heterocycles. The first-order chi connectivity index (χ1) is 13.5. The van der Waals surface area contributed by atoms with Crippen LogP contribution in [0.1, 0.15) is 11.1 Å². The summed E-state index contributed by atoms with van der Waals surface area (Å²) < 4.78 is 0.962. The van der Waals surface area contributed by atoms with E-state index >= 15 is 0 Å². The molecule has 4 rings (SSSR count). The van der Waals surface area contributed by atoms with Gasteiger partial charge in [-0.25, -0.2) is 4.99 Å². The third kappa shape index (κ3) is 3.72. The predicted molar refractivity (Wildman–Crippen MR) is 116 cm³/mol. The highest BCUT2D eigenvalue weighted by molar-refractivity contribution is 9.10. The third-order valence-electron chi connectivity index (χ3n) is 4.24. The molecule has 0 bridgehead atoms. The van der Waals surface area contributed by atoms with Crippen LogP contribution in [0, 0.1) is 0 Å². The lowest BCUT2D eigenvalue weighted by molar-refractivity contribution is -0.113. The van der Waals surface area contributed by atoms with Crippen molar-refractivity contribution in [2.45, 2.75) is 0 Å². The van der Waals surface area contributed by atoms with Crippen molar-refractivity contribution in [1.29, 1.82) is 0 Å². The molecule has 0 fully saturated rings. The second-order valence-electron chi connectivity index (χ2n) is 6.18. The summed E-state index contributed by atoms with van der Waals surface area (Å²) in [5, 5.41) is 10.2. The number of aliphatic imine (C=N–C) groups is 1. The normalized spacial score (nSPS) is 15.2. The summed E-state index contributed by atoms with van der Waals surface area (Å²) in [6, 6.07) is 21.2. The van der Waals surface area contributed by atoms with E-state index < -0.39 is 0 Å². The van der Waals surface area contributed by atoms with Crippen LogP contribution in [-0.2, 0) is 4.79 Å². The molecule has 6 heteroatoms.